The van der Waals surface area contributed by atoms with Crippen LogP contribution in [0.3, 0.4) is 0 Å². The van der Waals surface area contributed by atoms with E-state index in [1.165, 1.54) is 6.92 Å². The van der Waals surface area contributed by atoms with Crippen molar-refractivity contribution in [1.82, 2.24) is 0 Å². The summed E-state index contributed by atoms with van der Waals surface area (Å²) in [5.74, 6) is -0.193. The van der Waals surface area contributed by atoms with Gasteiger partial charge in [0.05, 0.1) is 0 Å². The lowest BCUT2D eigenvalue weighted by molar-refractivity contribution is -0.146. The van der Waals surface area contributed by atoms with Crippen molar-refractivity contribution >= 4 is 5.97 Å². The van der Waals surface area contributed by atoms with Gasteiger partial charge in [-0.2, -0.15) is 0 Å². The molecule has 0 bridgehead atoms. The van der Waals surface area contributed by atoms with Gasteiger partial charge in [0, 0.05) is 13.3 Å². The summed E-state index contributed by atoms with van der Waals surface area (Å²) < 4.78 is 5.01. The van der Waals surface area contributed by atoms with Crippen molar-refractivity contribution in [2.24, 2.45) is 0 Å². The number of allylic oxidation sites excluding steroid dienone is 1. The van der Waals surface area contributed by atoms with Crippen LogP contribution >= 0.6 is 0 Å². The van der Waals surface area contributed by atoms with Gasteiger partial charge in [-0.1, -0.05) is 19.1 Å². The molecule has 1 atom stereocenters. The normalized spacial score (nSPS) is 13.4. The van der Waals surface area contributed by atoms with Crippen molar-refractivity contribution < 1.29 is 9.53 Å². The third kappa shape index (κ3) is 5.64. The second-order valence-corrected chi connectivity index (χ2v) is 2.44. The van der Waals surface area contributed by atoms with Crippen LogP contribution in [-0.4, -0.2) is 12.1 Å². The topological polar surface area (TPSA) is 26.3 Å². The fourth-order valence-electron chi connectivity index (χ4n) is 0.821. The Bertz CT molecular complexity index is 138. The van der Waals surface area contributed by atoms with Crippen LogP contribution in [0.1, 0.15) is 33.6 Å². The van der Waals surface area contributed by atoms with Gasteiger partial charge in [0.25, 0.3) is 0 Å². The molecule has 1 unspecified atom stereocenters. The van der Waals surface area contributed by atoms with E-state index in [-0.39, 0.29) is 12.1 Å². The Morgan fingerprint density at radius 2 is 2.27 bits per heavy atom. The number of ether oxygens (including phenoxy) is 1. The summed E-state index contributed by atoms with van der Waals surface area (Å²) in [5.41, 5.74) is 0. The van der Waals surface area contributed by atoms with Gasteiger partial charge in [-0.15, -0.1) is 0 Å². The van der Waals surface area contributed by atoms with Crippen molar-refractivity contribution in [2.75, 3.05) is 0 Å². The van der Waals surface area contributed by atoms with Crippen LogP contribution in [0.4, 0.5) is 0 Å². The summed E-state index contributed by atoms with van der Waals surface area (Å²) in [7, 11) is 0. The highest BCUT2D eigenvalue weighted by atomic mass is 16.5. The highest BCUT2D eigenvalue weighted by Crippen LogP contribution is 2.04. The maximum atomic E-state index is 10.5. The zero-order valence-corrected chi connectivity index (χ0v) is 7.46. The molecule has 0 aromatic carbocycles. The van der Waals surface area contributed by atoms with Gasteiger partial charge in [0.2, 0.25) is 0 Å². The van der Waals surface area contributed by atoms with Crippen LogP contribution in [-0.2, 0) is 9.53 Å². The van der Waals surface area contributed by atoms with Crippen molar-refractivity contribution in [2.45, 2.75) is 39.7 Å². The number of rotatable bonds is 4. The monoisotopic (exact) mass is 156 g/mol. The van der Waals surface area contributed by atoms with E-state index >= 15 is 0 Å². The quantitative estimate of drug-likeness (QED) is 0.461. The molecule has 2 heteroatoms. The Morgan fingerprint density at radius 1 is 1.64 bits per heavy atom. The lowest BCUT2D eigenvalue weighted by Crippen LogP contribution is -2.13. The standard InChI is InChI=1S/C9H16O2/c1-4-6-7-9(5-2)11-8(3)10/h4,6,9H,5,7H2,1-3H3. The van der Waals surface area contributed by atoms with E-state index in [1.807, 2.05) is 26.0 Å². The van der Waals surface area contributed by atoms with Crippen LogP contribution in [0.25, 0.3) is 0 Å². The molecule has 0 heterocycles. The number of carbonyl (C=O) groups excluding carboxylic acids is 1. The first-order chi connectivity index (χ1) is 5.20. The summed E-state index contributed by atoms with van der Waals surface area (Å²) >= 11 is 0. The maximum absolute atomic E-state index is 10.5. The van der Waals surface area contributed by atoms with Gasteiger partial charge in [-0.3, -0.25) is 4.79 Å². The third-order valence-corrected chi connectivity index (χ3v) is 1.42. The molecule has 64 valence electrons. The number of esters is 1. The predicted octanol–water partition coefficient (Wildman–Crippen LogP) is 2.29. The van der Waals surface area contributed by atoms with Crippen LogP contribution in [0.15, 0.2) is 12.2 Å². The van der Waals surface area contributed by atoms with Gasteiger partial charge >= 0.3 is 5.97 Å². The highest BCUT2D eigenvalue weighted by molar-refractivity contribution is 5.66. The molecular weight excluding hydrogens is 140 g/mol. The van der Waals surface area contributed by atoms with Crippen molar-refractivity contribution in [3.63, 3.8) is 0 Å². The summed E-state index contributed by atoms with van der Waals surface area (Å²) in [6, 6.07) is 0. The molecule has 0 spiro atoms. The first kappa shape index (κ1) is 10.2. The van der Waals surface area contributed by atoms with Crippen LogP contribution in [0.2, 0.25) is 0 Å². The average molecular weight is 156 g/mol. The molecule has 0 aliphatic rings. The van der Waals surface area contributed by atoms with E-state index in [0.717, 1.165) is 12.8 Å². The molecule has 0 saturated carbocycles. The van der Waals surface area contributed by atoms with Crippen LogP contribution in [0, 0.1) is 0 Å². The van der Waals surface area contributed by atoms with Crippen LogP contribution in [0.5, 0.6) is 0 Å². The number of hydrogen-bond donors (Lipinski definition) is 0. The van der Waals surface area contributed by atoms with Gasteiger partial charge < -0.3 is 4.74 Å². The van der Waals surface area contributed by atoms with E-state index in [0.29, 0.717) is 0 Å². The van der Waals surface area contributed by atoms with Crippen molar-refractivity contribution in [1.29, 1.82) is 0 Å². The van der Waals surface area contributed by atoms with E-state index in [9.17, 15) is 4.79 Å². The van der Waals surface area contributed by atoms with E-state index < -0.39 is 0 Å². The predicted molar refractivity (Wildman–Crippen MR) is 45.3 cm³/mol. The molecule has 0 aromatic heterocycles. The highest BCUT2D eigenvalue weighted by Gasteiger charge is 2.05. The van der Waals surface area contributed by atoms with Crippen LogP contribution < -0.4 is 0 Å². The Hall–Kier alpha value is -0.790. The van der Waals surface area contributed by atoms with Gasteiger partial charge in [-0.05, 0) is 13.3 Å². The molecule has 0 saturated heterocycles. The molecule has 0 rings (SSSR count). The minimum absolute atomic E-state index is 0.0590. The van der Waals surface area contributed by atoms with E-state index in [4.69, 9.17) is 4.74 Å². The Kier molecular flexibility index (Phi) is 5.53. The lowest BCUT2D eigenvalue weighted by atomic mass is 10.2. The molecule has 2 nitrogen and oxygen atoms in total. The molecule has 0 aromatic rings. The third-order valence-electron chi connectivity index (χ3n) is 1.42. The SMILES string of the molecule is CC=CCC(CC)OC(C)=O. The Morgan fingerprint density at radius 3 is 2.64 bits per heavy atom. The lowest BCUT2D eigenvalue weighted by Gasteiger charge is -2.11. The van der Waals surface area contributed by atoms with Gasteiger partial charge in [0.15, 0.2) is 0 Å². The molecule has 0 N–H and O–H groups in total. The summed E-state index contributed by atoms with van der Waals surface area (Å²) in [6.07, 6.45) is 5.74. The molecule has 0 aliphatic carbocycles. The maximum Gasteiger partial charge on any atom is 0.302 e. The molecule has 0 radical (unpaired) electrons. The fraction of sp³-hybridized carbons (Fsp3) is 0.667. The first-order valence-corrected chi connectivity index (χ1v) is 3.99. The number of carbonyl (C=O) groups is 1. The second-order valence-electron chi connectivity index (χ2n) is 2.44. The van der Waals surface area contributed by atoms with Gasteiger partial charge in [-0.25, -0.2) is 0 Å². The van der Waals surface area contributed by atoms with E-state index in [1.54, 1.807) is 0 Å². The molecule has 0 amide bonds. The molecule has 0 fully saturated rings. The smallest absolute Gasteiger partial charge is 0.302 e. The molecule has 11 heavy (non-hydrogen) atoms. The summed E-state index contributed by atoms with van der Waals surface area (Å²) in [6.45, 7) is 5.41. The largest absolute Gasteiger partial charge is 0.462 e. The van der Waals surface area contributed by atoms with Crippen molar-refractivity contribution in [3.8, 4) is 0 Å². The zero-order valence-electron chi connectivity index (χ0n) is 7.46. The summed E-state index contributed by atoms with van der Waals surface area (Å²) in [4.78, 5) is 10.5. The minimum atomic E-state index is -0.193. The minimum Gasteiger partial charge on any atom is -0.462 e. The van der Waals surface area contributed by atoms with Crippen molar-refractivity contribution in [3.05, 3.63) is 12.2 Å². The Balaban J connectivity index is 3.66. The Labute approximate surface area is 68.2 Å². The van der Waals surface area contributed by atoms with E-state index in [2.05, 4.69) is 0 Å². The average Bonchev–Trinajstić information content (AvgIpc) is 1.97. The fourth-order valence-corrected chi connectivity index (χ4v) is 0.821. The molecular formula is C9H16O2. The second kappa shape index (κ2) is 5.96. The number of hydrogen-bond acceptors (Lipinski definition) is 2. The van der Waals surface area contributed by atoms with Gasteiger partial charge in [0.1, 0.15) is 6.10 Å². The molecule has 0 aliphatic heterocycles. The first-order valence-electron chi connectivity index (χ1n) is 3.99. The summed E-state index contributed by atoms with van der Waals surface area (Å²) in [5, 5.41) is 0. The zero-order chi connectivity index (χ0) is 8.69.